The minimum atomic E-state index is -3.76. The summed E-state index contributed by atoms with van der Waals surface area (Å²) in [5.41, 5.74) is 0.437. The topological polar surface area (TPSA) is 111 Å². The molecule has 9 heteroatoms. The number of sulfone groups is 1. The third-order valence-electron chi connectivity index (χ3n) is 3.93. The smallest absolute Gasteiger partial charge is 0.274 e. The van der Waals surface area contributed by atoms with Crippen LogP contribution in [0.2, 0.25) is 0 Å². The third kappa shape index (κ3) is 2.78. The van der Waals surface area contributed by atoms with Crippen LogP contribution in [0, 0.1) is 0 Å². The van der Waals surface area contributed by atoms with Gasteiger partial charge in [-0.25, -0.2) is 18.1 Å². The number of hydrogen-bond acceptors (Lipinski definition) is 6. The second kappa shape index (κ2) is 6.19. The highest BCUT2D eigenvalue weighted by molar-refractivity contribution is 7.91. The summed E-state index contributed by atoms with van der Waals surface area (Å²) in [5, 5.41) is 11.5. The van der Waals surface area contributed by atoms with Gasteiger partial charge >= 0.3 is 0 Å². The molecule has 0 unspecified atom stereocenters. The van der Waals surface area contributed by atoms with E-state index in [9.17, 15) is 13.2 Å². The Kier molecular flexibility index (Phi) is 3.85. The Morgan fingerprint density at radius 3 is 2.69 bits per heavy atom. The molecular formula is C17H13N5O3S. The largest absolute Gasteiger partial charge is 0.281 e. The van der Waals surface area contributed by atoms with Crippen molar-refractivity contribution in [2.45, 2.75) is 16.5 Å². The minimum Gasteiger partial charge on any atom is -0.281 e. The zero-order chi connectivity index (χ0) is 18.1. The summed E-state index contributed by atoms with van der Waals surface area (Å²) in [4.78, 5) is 16.6. The summed E-state index contributed by atoms with van der Waals surface area (Å²) < 4.78 is 26.6. The van der Waals surface area contributed by atoms with Crippen LogP contribution in [0.5, 0.6) is 0 Å². The van der Waals surface area contributed by atoms with Crippen molar-refractivity contribution >= 4 is 20.6 Å². The van der Waals surface area contributed by atoms with E-state index < -0.39 is 9.84 Å². The zero-order valence-corrected chi connectivity index (χ0v) is 14.2. The summed E-state index contributed by atoms with van der Waals surface area (Å²) in [7, 11) is -3.76. The van der Waals surface area contributed by atoms with Gasteiger partial charge in [0.25, 0.3) is 5.56 Å². The van der Waals surface area contributed by atoms with Crippen molar-refractivity contribution in [1.82, 2.24) is 25.0 Å². The molecule has 0 radical (unpaired) electrons. The lowest BCUT2D eigenvalue weighted by Gasteiger charge is -2.07. The lowest BCUT2D eigenvalue weighted by atomic mass is 10.2. The first-order valence-corrected chi connectivity index (χ1v) is 9.18. The van der Waals surface area contributed by atoms with Gasteiger partial charge in [-0.1, -0.05) is 6.07 Å². The van der Waals surface area contributed by atoms with Gasteiger partial charge in [-0.05, 0) is 36.4 Å². The molecule has 0 saturated carbocycles. The second-order valence-electron chi connectivity index (χ2n) is 5.61. The number of nitrogens with one attached hydrogen (secondary N) is 1. The van der Waals surface area contributed by atoms with Gasteiger partial charge in [0.2, 0.25) is 9.84 Å². The van der Waals surface area contributed by atoms with Gasteiger partial charge in [0.05, 0.1) is 28.7 Å². The molecule has 130 valence electrons. The summed E-state index contributed by atoms with van der Waals surface area (Å²) in [5.74, 6) is 0. The summed E-state index contributed by atoms with van der Waals surface area (Å²) in [6.07, 6.45) is 4.49. The number of pyridine rings is 1. The van der Waals surface area contributed by atoms with Crippen LogP contribution in [-0.4, -0.2) is 33.4 Å². The van der Waals surface area contributed by atoms with E-state index in [0.29, 0.717) is 10.8 Å². The fourth-order valence-corrected chi connectivity index (χ4v) is 3.83. The van der Waals surface area contributed by atoms with Crippen LogP contribution in [0.15, 0.2) is 75.8 Å². The SMILES string of the molecule is O=c1c2ccc(S(=O)(=O)c3ccccn3)cc2cnn1Cc1ccn[nH]1. The lowest BCUT2D eigenvalue weighted by Crippen LogP contribution is -2.23. The number of H-pyrrole nitrogens is 1. The average molecular weight is 367 g/mol. The van der Waals surface area contributed by atoms with E-state index in [1.807, 2.05) is 0 Å². The van der Waals surface area contributed by atoms with Gasteiger partial charge in [-0.15, -0.1) is 0 Å². The quantitative estimate of drug-likeness (QED) is 0.584. The highest BCUT2D eigenvalue weighted by atomic mass is 32.2. The van der Waals surface area contributed by atoms with Crippen LogP contribution in [0.1, 0.15) is 5.69 Å². The summed E-state index contributed by atoms with van der Waals surface area (Å²) in [6, 6.07) is 10.8. The first kappa shape index (κ1) is 16.2. The van der Waals surface area contributed by atoms with E-state index in [1.165, 1.54) is 41.3 Å². The van der Waals surface area contributed by atoms with Crippen LogP contribution < -0.4 is 5.56 Å². The maximum absolute atomic E-state index is 12.7. The molecule has 1 aromatic carbocycles. The molecule has 0 aliphatic carbocycles. The molecule has 0 fully saturated rings. The normalized spacial score (nSPS) is 11.7. The van der Waals surface area contributed by atoms with Gasteiger partial charge in [0, 0.05) is 17.8 Å². The van der Waals surface area contributed by atoms with E-state index >= 15 is 0 Å². The van der Waals surface area contributed by atoms with Crippen LogP contribution in [0.3, 0.4) is 0 Å². The van der Waals surface area contributed by atoms with Crippen LogP contribution in [0.25, 0.3) is 10.8 Å². The Morgan fingerprint density at radius 2 is 1.96 bits per heavy atom. The third-order valence-corrected chi connectivity index (χ3v) is 5.59. The molecule has 3 aromatic heterocycles. The maximum Gasteiger partial charge on any atom is 0.274 e. The molecule has 0 spiro atoms. The summed E-state index contributed by atoms with van der Waals surface area (Å²) >= 11 is 0. The molecular weight excluding hydrogens is 354 g/mol. The molecule has 0 aliphatic rings. The Morgan fingerprint density at radius 1 is 1.08 bits per heavy atom. The van der Waals surface area contributed by atoms with E-state index in [1.54, 1.807) is 24.4 Å². The number of hydrogen-bond donors (Lipinski definition) is 1. The van der Waals surface area contributed by atoms with Crippen LogP contribution in [-0.2, 0) is 16.4 Å². The number of aromatic nitrogens is 5. The standard InChI is InChI=1S/C17H13N5O3S/c23-17-15-5-4-14(26(24,25)16-3-1-2-7-18-16)9-12(15)10-20-22(17)11-13-6-8-19-21-13/h1-10H,11H2,(H,19,21). The molecule has 1 N–H and O–H groups in total. The minimum absolute atomic E-state index is 0.0418. The van der Waals surface area contributed by atoms with E-state index in [-0.39, 0.29) is 22.0 Å². The van der Waals surface area contributed by atoms with Gasteiger partial charge in [0.15, 0.2) is 5.03 Å². The number of benzene rings is 1. The molecule has 3 heterocycles. The number of aromatic amines is 1. The van der Waals surface area contributed by atoms with E-state index in [0.717, 1.165) is 5.69 Å². The molecule has 0 bridgehead atoms. The fraction of sp³-hybridized carbons (Fsp3) is 0.0588. The number of rotatable bonds is 4. The molecule has 4 aromatic rings. The Balaban J connectivity index is 1.78. The number of nitrogens with zero attached hydrogens (tertiary/aromatic N) is 4. The van der Waals surface area contributed by atoms with Crippen LogP contribution >= 0.6 is 0 Å². The average Bonchev–Trinajstić information content (AvgIpc) is 3.17. The molecule has 0 amide bonds. The lowest BCUT2D eigenvalue weighted by molar-refractivity contribution is 0.592. The van der Waals surface area contributed by atoms with Gasteiger partial charge < -0.3 is 0 Å². The number of fused-ring (bicyclic) bond motifs is 1. The first-order chi connectivity index (χ1) is 12.6. The van der Waals surface area contributed by atoms with Crippen molar-refractivity contribution < 1.29 is 8.42 Å². The Hall–Kier alpha value is -3.33. The van der Waals surface area contributed by atoms with Gasteiger partial charge in [-0.3, -0.25) is 9.89 Å². The molecule has 0 aliphatic heterocycles. The molecule has 0 atom stereocenters. The second-order valence-corrected chi connectivity index (χ2v) is 7.51. The molecule has 8 nitrogen and oxygen atoms in total. The van der Waals surface area contributed by atoms with Gasteiger partial charge in [0.1, 0.15) is 0 Å². The van der Waals surface area contributed by atoms with Crippen molar-refractivity contribution in [3.05, 3.63) is 77.1 Å². The monoisotopic (exact) mass is 367 g/mol. The predicted octanol–water partition coefficient (Wildman–Crippen LogP) is 1.40. The fourth-order valence-electron chi connectivity index (χ4n) is 2.61. The molecule has 0 saturated heterocycles. The Labute approximate surface area is 148 Å². The molecule has 26 heavy (non-hydrogen) atoms. The van der Waals surface area contributed by atoms with Crippen molar-refractivity contribution in [2.75, 3.05) is 0 Å². The van der Waals surface area contributed by atoms with Crippen molar-refractivity contribution in [3.63, 3.8) is 0 Å². The summed E-state index contributed by atoms with van der Waals surface area (Å²) in [6.45, 7) is 0.253. The van der Waals surface area contributed by atoms with Crippen LogP contribution in [0.4, 0.5) is 0 Å². The predicted molar refractivity (Wildman–Crippen MR) is 93.4 cm³/mol. The van der Waals surface area contributed by atoms with Crippen molar-refractivity contribution in [2.24, 2.45) is 0 Å². The van der Waals surface area contributed by atoms with E-state index in [2.05, 4.69) is 20.3 Å². The van der Waals surface area contributed by atoms with Crippen molar-refractivity contribution in [1.29, 1.82) is 0 Å². The van der Waals surface area contributed by atoms with Crippen molar-refractivity contribution in [3.8, 4) is 0 Å². The Bertz CT molecular complexity index is 1230. The zero-order valence-electron chi connectivity index (χ0n) is 13.4. The van der Waals surface area contributed by atoms with Gasteiger partial charge in [-0.2, -0.15) is 10.2 Å². The highest BCUT2D eigenvalue weighted by Gasteiger charge is 2.19. The highest BCUT2D eigenvalue weighted by Crippen LogP contribution is 2.21. The maximum atomic E-state index is 12.7. The van der Waals surface area contributed by atoms with E-state index in [4.69, 9.17) is 0 Å². The molecule has 4 rings (SSSR count). The first-order valence-electron chi connectivity index (χ1n) is 7.70.